The number of phenolic OH excluding ortho intramolecular Hbond substituents is 2. The molecule has 8 aromatic carbocycles. The van der Waals surface area contributed by atoms with E-state index < -0.39 is 229 Å². The molecule has 41 nitrogen and oxygen atoms in total. The predicted molar refractivity (Wildman–Crippen MR) is 339 cm³/mol. The van der Waals surface area contributed by atoms with E-state index in [-0.39, 0.29) is 28.3 Å². The average Bonchev–Trinajstić information content (AvgIpc) is 0.747. The van der Waals surface area contributed by atoms with E-state index in [1.165, 1.54) is 0 Å². The number of hydrogen-bond donors (Lipinski definition) is 12. The van der Waals surface area contributed by atoms with Gasteiger partial charge in [-0.25, -0.2) is 25.2 Å². The lowest BCUT2D eigenvalue weighted by molar-refractivity contribution is 0.102. The Kier molecular flexibility index (Phi) is 21.1. The number of carbonyl (C=O) groups excluding carboxylic acids is 1. The van der Waals surface area contributed by atoms with Gasteiger partial charge in [0.25, 0.3) is 56.5 Å². The highest BCUT2D eigenvalue weighted by Gasteiger charge is 2.31. The lowest BCUT2D eigenvalue weighted by Gasteiger charge is -2.14. The lowest BCUT2D eigenvalue weighted by atomic mass is 10.1. The van der Waals surface area contributed by atoms with Crippen LogP contribution in [0.5, 0.6) is 11.5 Å². The molecule has 0 atom stereocenters. The van der Waals surface area contributed by atoms with Crippen LogP contribution < -0.4 is 16.8 Å². The summed E-state index contributed by atoms with van der Waals surface area (Å²) < 4.78 is 297. The minimum Gasteiger partial charge on any atom is -0.505 e. The molecule has 0 heterocycles. The van der Waals surface area contributed by atoms with Crippen LogP contribution in [0.15, 0.2) is 190 Å². The monoisotopic (exact) mass is 1550 g/mol. The Morgan fingerprint density at radius 2 is 0.697 bits per heavy atom. The van der Waals surface area contributed by atoms with Crippen molar-refractivity contribution in [1.82, 2.24) is 0 Å². The third-order valence-corrected chi connectivity index (χ3v) is 21.7. The van der Waals surface area contributed by atoms with Crippen LogP contribution >= 0.6 is 0 Å². The first-order valence-corrected chi connectivity index (χ1v) is 39.0. The topological polar surface area (TPSA) is 688 Å². The molecule has 0 spiro atoms. The Labute approximate surface area is 557 Å². The van der Waals surface area contributed by atoms with Crippen LogP contribution in [0.1, 0.15) is 10.4 Å². The summed E-state index contributed by atoms with van der Waals surface area (Å²) in [7, 11) is -45.6. The van der Waals surface area contributed by atoms with Gasteiger partial charge in [0.15, 0.2) is 31.2 Å². The number of hydrogen-bond acceptors (Lipinski definition) is 33. The number of nitrogen functional groups attached to an aromatic ring is 2. The largest absolute Gasteiger partial charge is 0.505 e. The number of fused-ring (bicyclic) bond motifs is 2. The number of rotatable bonds is 25. The third-order valence-electron chi connectivity index (χ3n) is 13.0. The second-order valence-corrected chi connectivity index (χ2v) is 32.9. The molecule has 0 aliphatic carbocycles. The standard InChI is InChI=1S/C49H41N11O30S9/c50-41-39-25(19-35(94(71,72)73)43(41)57-53-28-5-10-31(11-6-28)91(64,65)17-15-89-98(83,84)85)21-37(96(77,78)79)45(47(39)61)59-55-27-3-1-24(2-4-27)49(63)52-30-9-14-34(93(68,69)70)33(23-30)56-60-46-38(97(80,81)82)22-26-20-36(95(74,75)76)44(42(51)40(26)48(46)62)58-54-29-7-12-32(13-8-29)92(66,67)18-16-90-99(86,87)88/h1-14,19-23,61-62H,15-18,50-51H2,(H,52,63)(H,68,69,70)(H,71,72,73)(H,74,75,76)(H,77,78,79)(H,80,81,82)(H,83,84,85)(H,86,87,88). The first kappa shape index (κ1) is 75.3. The summed E-state index contributed by atoms with van der Waals surface area (Å²) in [5.74, 6) is -5.45. The van der Waals surface area contributed by atoms with Crippen molar-refractivity contribution in [1.29, 1.82) is 0 Å². The molecule has 0 saturated carbocycles. The zero-order chi connectivity index (χ0) is 73.6. The van der Waals surface area contributed by atoms with Gasteiger partial charge in [-0.3, -0.25) is 36.7 Å². The number of azo groups is 4. The zero-order valence-corrected chi connectivity index (χ0v) is 55.7. The predicted octanol–water partition coefficient (Wildman–Crippen LogP) is 6.90. The van der Waals surface area contributed by atoms with E-state index in [4.69, 9.17) is 20.6 Å². The maximum Gasteiger partial charge on any atom is 0.397 e. The number of amides is 1. The molecule has 0 fully saturated rings. The van der Waals surface area contributed by atoms with Gasteiger partial charge in [-0.1, -0.05) is 0 Å². The van der Waals surface area contributed by atoms with Gasteiger partial charge >= 0.3 is 20.8 Å². The molecule has 50 heteroatoms. The van der Waals surface area contributed by atoms with Crippen molar-refractivity contribution >= 4 is 181 Å². The molecule has 0 unspecified atom stereocenters. The molecule has 0 saturated heterocycles. The van der Waals surface area contributed by atoms with Crippen molar-refractivity contribution in [3.05, 3.63) is 121 Å². The maximum absolute atomic E-state index is 13.6. The fourth-order valence-electron chi connectivity index (χ4n) is 8.58. The van der Waals surface area contributed by atoms with Gasteiger partial charge < -0.3 is 27.0 Å². The van der Waals surface area contributed by atoms with Crippen LogP contribution in [0.3, 0.4) is 0 Å². The molecule has 0 radical (unpaired) electrons. The normalized spacial score (nSPS) is 13.4. The Hall–Kier alpha value is -9.46. The highest BCUT2D eigenvalue weighted by molar-refractivity contribution is 7.92. The van der Waals surface area contributed by atoms with Gasteiger partial charge in [0.2, 0.25) is 0 Å². The maximum atomic E-state index is 13.6. The third kappa shape index (κ3) is 18.1. The molecule has 99 heavy (non-hydrogen) atoms. The summed E-state index contributed by atoms with van der Waals surface area (Å²) in [5, 5.41) is 52.6. The molecule has 0 bridgehead atoms. The van der Waals surface area contributed by atoms with Crippen LogP contribution in [0.4, 0.5) is 62.6 Å². The highest BCUT2D eigenvalue weighted by atomic mass is 32.3. The zero-order valence-electron chi connectivity index (χ0n) is 48.3. The summed E-state index contributed by atoms with van der Waals surface area (Å²) in [6.45, 7) is -1.94. The molecular weight excluding hydrogens is 1510 g/mol. The Morgan fingerprint density at radius 3 is 1.03 bits per heavy atom. The van der Waals surface area contributed by atoms with Gasteiger partial charge in [0.05, 0.1) is 73.7 Å². The molecular formula is C49H41N11O30S9. The molecule has 1 amide bonds. The molecule has 8 rings (SSSR count). The molecule has 8 aromatic rings. The number of sulfone groups is 2. The number of nitrogens with two attached hydrogens (primary N) is 2. The van der Waals surface area contributed by atoms with Crippen LogP contribution in [0.2, 0.25) is 0 Å². The van der Waals surface area contributed by atoms with E-state index >= 15 is 0 Å². The Bertz CT molecular complexity index is 5930. The van der Waals surface area contributed by atoms with E-state index in [1.54, 1.807) is 0 Å². The molecule has 0 aliphatic heterocycles. The van der Waals surface area contributed by atoms with E-state index in [2.05, 4.69) is 54.6 Å². The average molecular weight is 1550 g/mol. The SMILES string of the molecule is Nc1c(N=Nc2ccc(S(=O)(=O)CCOS(=O)(=O)O)cc2)c(S(=O)(=O)O)cc2cc(S(=O)(=O)O)c(N=Nc3ccc(C(=O)Nc4ccc(S(=O)(=O)O)c(N=Nc5c(S(=O)(=O)O)cc6cc(S(=O)(=O)O)c(N=Nc7ccc(S(=O)(=O)CCOS(=O)(=O)O)cc7)c(N)c6c5O)c4)cc3)c(O)c12. The van der Waals surface area contributed by atoms with Gasteiger partial charge in [-0.15, -0.1) is 25.6 Å². The van der Waals surface area contributed by atoms with Crippen LogP contribution in [0.25, 0.3) is 21.5 Å². The number of anilines is 3. The number of nitrogens with zero attached hydrogens (tertiary/aromatic N) is 8. The second kappa shape index (κ2) is 27.7. The Morgan fingerprint density at radius 1 is 0.384 bits per heavy atom. The molecule has 14 N–H and O–H groups in total. The van der Waals surface area contributed by atoms with E-state index in [0.29, 0.717) is 30.3 Å². The van der Waals surface area contributed by atoms with Gasteiger partial charge in [-0.05, 0) is 126 Å². The smallest absolute Gasteiger partial charge is 0.397 e. The fraction of sp³-hybridized carbons (Fsp3) is 0.0816. The Balaban J connectivity index is 1.08. The number of aromatic hydroxyl groups is 2. The second-order valence-electron chi connectivity index (χ2n) is 19.6. The number of benzene rings is 8. The van der Waals surface area contributed by atoms with Crippen molar-refractivity contribution < 1.29 is 131 Å². The number of phenols is 2. The van der Waals surface area contributed by atoms with Crippen LogP contribution in [-0.4, -0.2) is 148 Å². The van der Waals surface area contributed by atoms with Crippen molar-refractivity contribution in [2.75, 3.05) is 41.5 Å². The van der Waals surface area contributed by atoms with Crippen molar-refractivity contribution in [3.8, 4) is 11.5 Å². The quantitative estimate of drug-likeness (QED) is 0.0157. The van der Waals surface area contributed by atoms with Crippen molar-refractivity contribution in [3.63, 3.8) is 0 Å². The van der Waals surface area contributed by atoms with Crippen LogP contribution in [-0.2, 0) is 99.4 Å². The van der Waals surface area contributed by atoms with E-state index in [1.807, 2.05) is 0 Å². The summed E-state index contributed by atoms with van der Waals surface area (Å²) >= 11 is 0. The van der Waals surface area contributed by atoms with Crippen molar-refractivity contribution in [2.45, 2.75) is 34.3 Å². The van der Waals surface area contributed by atoms with Gasteiger partial charge in [-0.2, -0.15) is 74.3 Å². The molecule has 0 aromatic heterocycles. The summed E-state index contributed by atoms with van der Waals surface area (Å²) in [6, 6.07) is 16.5. The summed E-state index contributed by atoms with van der Waals surface area (Å²) in [4.78, 5) is 6.71. The summed E-state index contributed by atoms with van der Waals surface area (Å²) in [5.41, 5.74) is 4.33. The van der Waals surface area contributed by atoms with Gasteiger partial charge in [0, 0.05) is 11.3 Å². The van der Waals surface area contributed by atoms with Gasteiger partial charge in [0.1, 0.15) is 52.9 Å². The number of carbonyl (C=O) groups is 1. The van der Waals surface area contributed by atoms with Crippen molar-refractivity contribution in [2.24, 2.45) is 40.9 Å². The number of nitrogens with one attached hydrogen (secondary N) is 1. The van der Waals surface area contributed by atoms with Crippen LogP contribution in [0, 0.1) is 0 Å². The first-order valence-electron chi connectivity index (χ1n) is 25.8. The molecule has 526 valence electrons. The first-order chi connectivity index (χ1) is 45.5. The highest BCUT2D eigenvalue weighted by Crippen LogP contribution is 2.51. The van der Waals surface area contributed by atoms with E-state index in [9.17, 15) is 114 Å². The fourth-order valence-corrected chi connectivity index (χ4v) is 14.8. The molecule has 0 aliphatic rings. The lowest BCUT2D eigenvalue weighted by Crippen LogP contribution is -2.15. The minimum absolute atomic E-state index is 0.209. The van der Waals surface area contributed by atoms with E-state index in [0.717, 1.165) is 84.9 Å². The minimum atomic E-state index is -5.59. The summed E-state index contributed by atoms with van der Waals surface area (Å²) in [6.07, 6.45) is 0.